The fraction of sp³-hybridized carbons (Fsp3) is 0.462. The van der Waals surface area contributed by atoms with Crippen molar-refractivity contribution in [2.24, 2.45) is 5.92 Å². The van der Waals surface area contributed by atoms with Crippen molar-refractivity contribution in [3.63, 3.8) is 0 Å². The summed E-state index contributed by atoms with van der Waals surface area (Å²) in [6, 6.07) is 9.60. The number of alkyl carbamates (subject to hydrolysis) is 1. The van der Waals surface area contributed by atoms with E-state index in [0.29, 0.717) is 19.1 Å². The number of benzene rings is 1. The van der Waals surface area contributed by atoms with E-state index >= 15 is 0 Å². The van der Waals surface area contributed by atoms with E-state index in [1.54, 1.807) is 0 Å². The molecule has 0 saturated carbocycles. The van der Waals surface area contributed by atoms with Crippen LogP contribution in [0, 0.1) is 5.92 Å². The quantitative estimate of drug-likeness (QED) is 0.792. The molecule has 0 aliphatic rings. The van der Waals surface area contributed by atoms with E-state index in [0.717, 1.165) is 5.56 Å². The van der Waals surface area contributed by atoms with Gasteiger partial charge in [0.1, 0.15) is 6.61 Å². The molecular weight excluding hydrogens is 234 g/mol. The van der Waals surface area contributed by atoms with E-state index in [1.165, 1.54) is 0 Å². The van der Waals surface area contributed by atoms with Gasteiger partial charge in [-0.15, -0.1) is 0 Å². The Morgan fingerprint density at radius 3 is 2.59 bits per heavy atom. The van der Waals surface area contributed by atoms with E-state index < -0.39 is 6.09 Å². The summed E-state index contributed by atoms with van der Waals surface area (Å²) in [5, 5.41) is 2.85. The molecule has 0 spiro atoms. The van der Waals surface area contributed by atoms with Crippen LogP contribution >= 0.6 is 12.6 Å². The molecule has 1 unspecified atom stereocenters. The molecular formula is C13H19NO2S. The lowest BCUT2D eigenvalue weighted by molar-refractivity contribution is 0.139. The number of amides is 1. The Balaban J connectivity index is 2.22. The minimum atomic E-state index is -0.395. The van der Waals surface area contributed by atoms with Crippen LogP contribution in [0.4, 0.5) is 4.79 Å². The van der Waals surface area contributed by atoms with Crippen molar-refractivity contribution < 1.29 is 9.53 Å². The summed E-state index contributed by atoms with van der Waals surface area (Å²) in [5.41, 5.74) is 0.980. The topological polar surface area (TPSA) is 38.3 Å². The Hall–Kier alpha value is -1.16. The maximum absolute atomic E-state index is 11.4. The smallest absolute Gasteiger partial charge is 0.407 e. The number of thiol groups is 1. The largest absolute Gasteiger partial charge is 0.445 e. The second-order valence-corrected chi connectivity index (χ2v) is 4.92. The highest BCUT2D eigenvalue weighted by Gasteiger charge is 2.10. The van der Waals surface area contributed by atoms with E-state index in [4.69, 9.17) is 4.74 Å². The molecule has 0 aliphatic carbocycles. The van der Waals surface area contributed by atoms with Crippen LogP contribution in [0.2, 0.25) is 0 Å². The Labute approximate surface area is 108 Å². The maximum Gasteiger partial charge on any atom is 0.407 e. The van der Waals surface area contributed by atoms with Crippen LogP contribution in [0.3, 0.4) is 0 Å². The van der Waals surface area contributed by atoms with Gasteiger partial charge in [0.15, 0.2) is 0 Å². The zero-order valence-corrected chi connectivity index (χ0v) is 11.1. The minimum Gasteiger partial charge on any atom is -0.445 e. The maximum atomic E-state index is 11.4. The Morgan fingerprint density at radius 2 is 2.00 bits per heavy atom. The van der Waals surface area contributed by atoms with Crippen LogP contribution in [0.5, 0.6) is 0 Å². The molecule has 3 nitrogen and oxygen atoms in total. The molecule has 0 aliphatic heterocycles. The van der Waals surface area contributed by atoms with Crippen LogP contribution in [0.1, 0.15) is 19.4 Å². The lowest BCUT2D eigenvalue weighted by Gasteiger charge is -2.15. The standard InChI is InChI=1S/C13H19NO2S/c1-10(2)12(17)8-14-13(15)16-9-11-6-4-3-5-7-11/h3-7,10,12,17H,8-9H2,1-2H3,(H,14,15). The molecule has 0 heterocycles. The molecule has 0 radical (unpaired) electrons. The first kappa shape index (κ1) is 13.9. The molecule has 0 saturated heterocycles. The number of nitrogens with one attached hydrogen (secondary N) is 1. The summed E-state index contributed by atoms with van der Waals surface area (Å²) < 4.78 is 5.07. The monoisotopic (exact) mass is 253 g/mol. The molecule has 1 rings (SSSR count). The average Bonchev–Trinajstić information content (AvgIpc) is 2.34. The third kappa shape index (κ3) is 5.63. The van der Waals surface area contributed by atoms with Crippen LogP contribution in [0.15, 0.2) is 30.3 Å². The third-order valence-corrected chi connectivity index (χ3v) is 3.22. The van der Waals surface area contributed by atoms with Crippen LogP contribution in [-0.2, 0) is 11.3 Å². The van der Waals surface area contributed by atoms with E-state index in [-0.39, 0.29) is 5.25 Å². The molecule has 1 aromatic carbocycles. The first-order chi connectivity index (χ1) is 8.09. The summed E-state index contributed by atoms with van der Waals surface area (Å²) in [6.45, 7) is 4.95. The van der Waals surface area contributed by atoms with Crippen molar-refractivity contribution in [3.8, 4) is 0 Å². The summed E-state index contributed by atoms with van der Waals surface area (Å²) in [6.07, 6.45) is -0.395. The van der Waals surface area contributed by atoms with Gasteiger partial charge in [-0.1, -0.05) is 44.2 Å². The number of carbonyl (C=O) groups is 1. The van der Waals surface area contributed by atoms with Gasteiger partial charge in [0.25, 0.3) is 0 Å². The van der Waals surface area contributed by atoms with Crippen molar-refractivity contribution >= 4 is 18.7 Å². The van der Waals surface area contributed by atoms with Gasteiger partial charge in [-0.3, -0.25) is 0 Å². The van der Waals surface area contributed by atoms with Gasteiger partial charge in [-0.2, -0.15) is 12.6 Å². The number of carbonyl (C=O) groups excluding carboxylic acids is 1. The second-order valence-electron chi connectivity index (χ2n) is 4.25. The van der Waals surface area contributed by atoms with Crippen molar-refractivity contribution in [3.05, 3.63) is 35.9 Å². The number of hydrogen-bond acceptors (Lipinski definition) is 3. The predicted octanol–water partition coefficient (Wildman–Crippen LogP) is 2.87. The molecule has 4 heteroatoms. The van der Waals surface area contributed by atoms with Gasteiger partial charge in [-0.25, -0.2) is 4.79 Å². The summed E-state index contributed by atoms with van der Waals surface area (Å²) in [5.74, 6) is 0.424. The SMILES string of the molecule is CC(C)C(S)CNC(=O)OCc1ccccc1. The highest BCUT2D eigenvalue weighted by Crippen LogP contribution is 2.07. The van der Waals surface area contributed by atoms with E-state index in [1.807, 2.05) is 30.3 Å². The molecule has 17 heavy (non-hydrogen) atoms. The normalized spacial score (nSPS) is 12.2. The van der Waals surface area contributed by atoms with Crippen molar-refractivity contribution in [2.45, 2.75) is 25.7 Å². The molecule has 0 bridgehead atoms. The highest BCUT2D eigenvalue weighted by atomic mass is 32.1. The molecule has 1 amide bonds. The Bertz CT molecular complexity index is 341. The average molecular weight is 253 g/mol. The summed E-state index contributed by atoms with van der Waals surface area (Å²) >= 11 is 4.37. The van der Waals surface area contributed by atoms with E-state index in [2.05, 4.69) is 31.8 Å². The van der Waals surface area contributed by atoms with Gasteiger partial charge >= 0.3 is 6.09 Å². The predicted molar refractivity (Wildman–Crippen MR) is 72.2 cm³/mol. The highest BCUT2D eigenvalue weighted by molar-refractivity contribution is 7.81. The molecule has 0 fully saturated rings. The Kier molecular flexibility index (Phi) is 5.91. The first-order valence-corrected chi connectivity index (χ1v) is 6.24. The molecule has 1 atom stereocenters. The van der Waals surface area contributed by atoms with Crippen molar-refractivity contribution in [2.75, 3.05) is 6.54 Å². The fourth-order valence-electron chi connectivity index (χ4n) is 1.20. The second kappa shape index (κ2) is 7.22. The zero-order chi connectivity index (χ0) is 12.7. The zero-order valence-electron chi connectivity index (χ0n) is 10.2. The molecule has 1 N–H and O–H groups in total. The van der Waals surface area contributed by atoms with Crippen molar-refractivity contribution in [1.29, 1.82) is 0 Å². The lowest BCUT2D eigenvalue weighted by atomic mass is 10.1. The minimum absolute atomic E-state index is 0.152. The number of ether oxygens (including phenoxy) is 1. The van der Waals surface area contributed by atoms with Gasteiger partial charge < -0.3 is 10.1 Å². The van der Waals surface area contributed by atoms with Crippen molar-refractivity contribution in [1.82, 2.24) is 5.32 Å². The van der Waals surface area contributed by atoms with Gasteiger partial charge in [0.2, 0.25) is 0 Å². The Morgan fingerprint density at radius 1 is 1.35 bits per heavy atom. The van der Waals surface area contributed by atoms with Gasteiger partial charge in [0, 0.05) is 11.8 Å². The first-order valence-electron chi connectivity index (χ1n) is 5.72. The van der Waals surface area contributed by atoms with E-state index in [9.17, 15) is 4.79 Å². The number of hydrogen-bond donors (Lipinski definition) is 2. The molecule has 94 valence electrons. The van der Waals surface area contributed by atoms with Crippen LogP contribution in [-0.4, -0.2) is 17.9 Å². The van der Waals surface area contributed by atoms with Gasteiger partial charge in [0.05, 0.1) is 0 Å². The summed E-state index contributed by atoms with van der Waals surface area (Å²) in [7, 11) is 0. The number of rotatable bonds is 5. The lowest BCUT2D eigenvalue weighted by Crippen LogP contribution is -2.32. The van der Waals surface area contributed by atoms with Crippen LogP contribution in [0.25, 0.3) is 0 Å². The fourth-order valence-corrected chi connectivity index (χ4v) is 1.29. The van der Waals surface area contributed by atoms with Crippen LogP contribution < -0.4 is 5.32 Å². The summed E-state index contributed by atoms with van der Waals surface area (Å²) in [4.78, 5) is 11.4. The third-order valence-electron chi connectivity index (χ3n) is 2.44. The molecule has 1 aromatic rings. The molecule has 0 aromatic heterocycles. The van der Waals surface area contributed by atoms with Gasteiger partial charge in [-0.05, 0) is 11.5 Å².